The molecule has 3 atom stereocenters. The predicted octanol–water partition coefficient (Wildman–Crippen LogP) is 2.09. The van der Waals surface area contributed by atoms with Crippen molar-refractivity contribution in [3.63, 3.8) is 0 Å². The summed E-state index contributed by atoms with van der Waals surface area (Å²) < 4.78 is 5.39. The maximum absolute atomic E-state index is 12.3. The van der Waals surface area contributed by atoms with Crippen LogP contribution in [0.25, 0.3) is 0 Å². The first-order chi connectivity index (χ1) is 9.26. The lowest BCUT2D eigenvalue weighted by Gasteiger charge is -2.46. The van der Waals surface area contributed by atoms with Crippen LogP contribution in [0.4, 0.5) is 0 Å². The van der Waals surface area contributed by atoms with Crippen LogP contribution in [0.15, 0.2) is 12.2 Å². The smallest absolute Gasteiger partial charge is 0.223 e. The molecule has 0 aromatic heterocycles. The highest BCUT2D eigenvalue weighted by molar-refractivity contribution is 5.79. The lowest BCUT2D eigenvalue weighted by molar-refractivity contribution is -0.132. The highest BCUT2D eigenvalue weighted by atomic mass is 16.5. The molecule has 1 amide bonds. The Labute approximate surface area is 123 Å². The molecule has 0 aromatic rings. The molecule has 1 aliphatic rings. The third-order valence-electron chi connectivity index (χ3n) is 4.71. The van der Waals surface area contributed by atoms with Crippen LogP contribution in [0.3, 0.4) is 0 Å². The lowest BCUT2D eigenvalue weighted by Crippen LogP contribution is -2.51. The summed E-state index contributed by atoms with van der Waals surface area (Å²) >= 11 is 0. The van der Waals surface area contributed by atoms with Gasteiger partial charge in [-0.2, -0.15) is 0 Å². The summed E-state index contributed by atoms with van der Waals surface area (Å²) in [5.74, 6) is 0.526. The van der Waals surface area contributed by atoms with Gasteiger partial charge >= 0.3 is 0 Å². The van der Waals surface area contributed by atoms with Crippen molar-refractivity contribution in [3.05, 3.63) is 12.2 Å². The van der Waals surface area contributed by atoms with Gasteiger partial charge in [-0.3, -0.25) is 4.79 Å². The van der Waals surface area contributed by atoms with Gasteiger partial charge in [0.15, 0.2) is 0 Å². The SMILES string of the molecule is C=C(C)COCCNC(=O)C1CCC(N)C(C)C1(C)C. The Hall–Kier alpha value is -0.870. The first-order valence-corrected chi connectivity index (χ1v) is 7.52. The Morgan fingerprint density at radius 1 is 1.45 bits per heavy atom. The van der Waals surface area contributed by atoms with Gasteiger partial charge < -0.3 is 15.8 Å². The fourth-order valence-corrected chi connectivity index (χ4v) is 2.94. The number of nitrogens with one attached hydrogen (secondary N) is 1. The minimum Gasteiger partial charge on any atom is -0.375 e. The number of carbonyl (C=O) groups excluding carboxylic acids is 1. The lowest BCUT2D eigenvalue weighted by atomic mass is 9.61. The summed E-state index contributed by atoms with van der Waals surface area (Å²) in [7, 11) is 0. The molecule has 3 N–H and O–H groups in total. The normalized spacial score (nSPS) is 28.9. The standard InChI is InChI=1S/C16H30N2O2/c1-11(2)10-20-9-8-18-15(19)13-6-7-14(17)12(3)16(13,4)5/h12-14H,1,6-10,17H2,2-5H3,(H,18,19). The number of nitrogens with two attached hydrogens (primary N) is 1. The van der Waals surface area contributed by atoms with Crippen molar-refractivity contribution >= 4 is 5.91 Å². The molecular weight excluding hydrogens is 252 g/mol. The summed E-state index contributed by atoms with van der Waals surface area (Å²) in [5.41, 5.74) is 7.06. The molecule has 0 aromatic carbocycles. The molecule has 1 saturated carbocycles. The molecule has 0 saturated heterocycles. The van der Waals surface area contributed by atoms with Crippen LogP contribution in [0.1, 0.15) is 40.5 Å². The van der Waals surface area contributed by atoms with Crippen molar-refractivity contribution < 1.29 is 9.53 Å². The molecule has 0 bridgehead atoms. The van der Waals surface area contributed by atoms with Crippen LogP contribution >= 0.6 is 0 Å². The van der Waals surface area contributed by atoms with Gasteiger partial charge in [0, 0.05) is 18.5 Å². The molecule has 1 fully saturated rings. The minimum absolute atomic E-state index is 0.0402. The number of hydrogen-bond donors (Lipinski definition) is 2. The molecule has 116 valence electrons. The van der Waals surface area contributed by atoms with E-state index in [1.165, 1.54) is 0 Å². The van der Waals surface area contributed by atoms with Gasteiger partial charge in [0.25, 0.3) is 0 Å². The summed E-state index contributed by atoms with van der Waals surface area (Å²) in [4.78, 5) is 12.3. The van der Waals surface area contributed by atoms with Gasteiger partial charge in [-0.05, 0) is 31.1 Å². The van der Waals surface area contributed by atoms with Crippen molar-refractivity contribution in [1.29, 1.82) is 0 Å². The maximum atomic E-state index is 12.3. The number of carbonyl (C=O) groups is 1. The average molecular weight is 282 g/mol. The van der Waals surface area contributed by atoms with Gasteiger partial charge in [-0.1, -0.05) is 32.9 Å². The van der Waals surface area contributed by atoms with Crippen molar-refractivity contribution in [2.24, 2.45) is 23.0 Å². The second kappa shape index (κ2) is 7.23. The van der Waals surface area contributed by atoms with Gasteiger partial charge in [0.2, 0.25) is 5.91 Å². The molecule has 4 heteroatoms. The van der Waals surface area contributed by atoms with Crippen molar-refractivity contribution in [2.75, 3.05) is 19.8 Å². The molecule has 0 heterocycles. The minimum atomic E-state index is -0.0552. The molecule has 3 unspecified atom stereocenters. The van der Waals surface area contributed by atoms with Crippen LogP contribution in [0, 0.1) is 17.3 Å². The van der Waals surface area contributed by atoms with Gasteiger partial charge in [0.1, 0.15) is 0 Å². The maximum Gasteiger partial charge on any atom is 0.223 e. The van der Waals surface area contributed by atoms with E-state index < -0.39 is 0 Å². The van der Waals surface area contributed by atoms with Crippen LogP contribution in [0.2, 0.25) is 0 Å². The zero-order valence-corrected chi connectivity index (χ0v) is 13.4. The van der Waals surface area contributed by atoms with E-state index in [9.17, 15) is 4.79 Å². The first kappa shape index (κ1) is 17.2. The summed E-state index contributed by atoms with van der Waals surface area (Å²) in [5, 5.41) is 2.98. The van der Waals surface area contributed by atoms with E-state index in [0.717, 1.165) is 18.4 Å². The van der Waals surface area contributed by atoms with E-state index in [1.807, 2.05) is 6.92 Å². The summed E-state index contributed by atoms with van der Waals surface area (Å²) in [6.07, 6.45) is 1.80. The van der Waals surface area contributed by atoms with E-state index in [2.05, 4.69) is 32.7 Å². The molecular formula is C16H30N2O2. The fourth-order valence-electron chi connectivity index (χ4n) is 2.94. The van der Waals surface area contributed by atoms with E-state index in [4.69, 9.17) is 10.5 Å². The zero-order chi connectivity index (χ0) is 15.3. The van der Waals surface area contributed by atoms with E-state index >= 15 is 0 Å². The van der Waals surface area contributed by atoms with E-state index in [1.54, 1.807) is 0 Å². The Kier molecular flexibility index (Phi) is 6.21. The average Bonchev–Trinajstić information content (AvgIpc) is 2.35. The van der Waals surface area contributed by atoms with Crippen LogP contribution in [0.5, 0.6) is 0 Å². The highest BCUT2D eigenvalue weighted by Gasteiger charge is 2.44. The fraction of sp³-hybridized carbons (Fsp3) is 0.812. The second-order valence-corrected chi connectivity index (χ2v) is 6.70. The quantitative estimate of drug-likeness (QED) is 0.579. The molecule has 4 nitrogen and oxygen atoms in total. The van der Waals surface area contributed by atoms with Crippen molar-refractivity contribution in [2.45, 2.75) is 46.6 Å². The van der Waals surface area contributed by atoms with Crippen LogP contribution in [-0.2, 0) is 9.53 Å². The Morgan fingerprint density at radius 2 is 2.10 bits per heavy atom. The molecule has 0 radical (unpaired) electrons. The van der Waals surface area contributed by atoms with Gasteiger partial charge in [0.05, 0.1) is 13.2 Å². The molecule has 0 aliphatic heterocycles. The zero-order valence-electron chi connectivity index (χ0n) is 13.4. The van der Waals surface area contributed by atoms with Crippen molar-refractivity contribution in [3.8, 4) is 0 Å². The van der Waals surface area contributed by atoms with Crippen LogP contribution in [-0.4, -0.2) is 31.7 Å². The van der Waals surface area contributed by atoms with Gasteiger partial charge in [-0.25, -0.2) is 0 Å². The van der Waals surface area contributed by atoms with E-state index in [-0.39, 0.29) is 23.3 Å². The molecule has 0 spiro atoms. The van der Waals surface area contributed by atoms with Crippen molar-refractivity contribution in [1.82, 2.24) is 5.32 Å². The highest BCUT2D eigenvalue weighted by Crippen LogP contribution is 2.44. The second-order valence-electron chi connectivity index (χ2n) is 6.70. The van der Waals surface area contributed by atoms with Gasteiger partial charge in [-0.15, -0.1) is 0 Å². The molecule has 20 heavy (non-hydrogen) atoms. The largest absolute Gasteiger partial charge is 0.375 e. The number of rotatable bonds is 6. The third kappa shape index (κ3) is 4.32. The summed E-state index contributed by atoms with van der Waals surface area (Å²) in [6.45, 7) is 13.8. The Bertz CT molecular complexity index is 352. The topological polar surface area (TPSA) is 64.3 Å². The summed E-state index contributed by atoms with van der Waals surface area (Å²) in [6, 6.07) is 0.202. The number of hydrogen-bond acceptors (Lipinski definition) is 3. The molecule has 1 rings (SSSR count). The van der Waals surface area contributed by atoms with E-state index in [0.29, 0.717) is 25.7 Å². The number of amides is 1. The van der Waals surface area contributed by atoms with Crippen LogP contribution < -0.4 is 11.1 Å². The Morgan fingerprint density at radius 3 is 2.70 bits per heavy atom. The molecule has 1 aliphatic carbocycles. The monoisotopic (exact) mass is 282 g/mol. The third-order valence-corrected chi connectivity index (χ3v) is 4.71. The predicted molar refractivity (Wildman–Crippen MR) is 82.3 cm³/mol. The number of ether oxygens (including phenoxy) is 1. The first-order valence-electron chi connectivity index (χ1n) is 7.52. The Balaban J connectivity index is 2.41.